The van der Waals surface area contributed by atoms with Crippen molar-refractivity contribution in [2.75, 3.05) is 0 Å². The van der Waals surface area contributed by atoms with Gasteiger partial charge in [0.2, 0.25) is 0 Å². The van der Waals surface area contributed by atoms with Crippen LogP contribution in [0.5, 0.6) is 5.75 Å². The smallest absolute Gasteiger partial charge is 0.407 e. The number of hydrogen-bond donors (Lipinski definition) is 1. The Kier molecular flexibility index (Phi) is 8.09. The lowest BCUT2D eigenvalue weighted by molar-refractivity contribution is 0.0523. The molecule has 6 nitrogen and oxygen atoms in total. The summed E-state index contributed by atoms with van der Waals surface area (Å²) < 4.78 is 39.4. The number of nitrogens with one attached hydrogen (secondary N) is 1. The van der Waals surface area contributed by atoms with E-state index in [-0.39, 0.29) is 34.5 Å². The molecule has 1 amide bonds. The minimum atomic E-state index is -0.717. The Bertz CT molecular complexity index is 1240. The minimum absolute atomic E-state index is 0.152. The number of aromatic nitrogens is 1. The molecule has 0 bridgehead atoms. The fourth-order valence-electron chi connectivity index (χ4n) is 3.08. The maximum absolute atomic E-state index is 13.8. The molecule has 0 radical (unpaired) electrons. The van der Waals surface area contributed by atoms with E-state index < -0.39 is 23.3 Å². The number of carbonyl (C=O) groups is 1. The molecule has 1 aromatic heterocycles. The van der Waals surface area contributed by atoms with Crippen molar-refractivity contribution in [1.82, 2.24) is 9.88 Å². The number of alkyl carbamates (subject to hydrolysis) is 1. The molecule has 2 aromatic carbocycles. The molecule has 1 N–H and O–H groups in total. The predicted octanol–water partition coefficient (Wildman–Crippen LogP) is 5.54. The standard InChI is InChI=1S/C25H25BrF2N2O4/c1-25(2,3)34-24(32)29-13-16-5-4-6-17(11-16)14-30-10-9-21(22(26)23(30)31)33-15-18-7-8-19(27)12-20(18)28/h4-12H,13-15H2,1-3H3,(H,29,32). The molecular formula is C25H25BrF2N2O4. The van der Waals surface area contributed by atoms with Crippen molar-refractivity contribution < 1.29 is 23.0 Å². The average molecular weight is 535 g/mol. The highest BCUT2D eigenvalue weighted by Crippen LogP contribution is 2.22. The zero-order chi connectivity index (χ0) is 24.9. The molecule has 0 fully saturated rings. The van der Waals surface area contributed by atoms with Crippen molar-refractivity contribution in [3.05, 3.63) is 97.9 Å². The van der Waals surface area contributed by atoms with Gasteiger partial charge in [0.1, 0.15) is 34.1 Å². The predicted molar refractivity (Wildman–Crippen MR) is 128 cm³/mol. The van der Waals surface area contributed by atoms with Crippen LogP contribution in [-0.4, -0.2) is 16.3 Å². The van der Waals surface area contributed by atoms with Crippen LogP contribution < -0.4 is 15.6 Å². The topological polar surface area (TPSA) is 69.6 Å². The van der Waals surface area contributed by atoms with Crippen molar-refractivity contribution in [3.63, 3.8) is 0 Å². The van der Waals surface area contributed by atoms with Gasteiger partial charge in [-0.15, -0.1) is 0 Å². The molecule has 1 heterocycles. The number of nitrogens with zero attached hydrogens (tertiary/aromatic N) is 1. The van der Waals surface area contributed by atoms with Crippen LogP contribution in [0.3, 0.4) is 0 Å². The summed E-state index contributed by atoms with van der Waals surface area (Å²) in [5, 5.41) is 2.71. The Morgan fingerprint density at radius 3 is 2.53 bits per heavy atom. The lowest BCUT2D eigenvalue weighted by Gasteiger charge is -2.19. The first-order valence-corrected chi connectivity index (χ1v) is 11.3. The van der Waals surface area contributed by atoms with Gasteiger partial charge in [0.05, 0.1) is 6.54 Å². The number of hydrogen-bond acceptors (Lipinski definition) is 4. The highest BCUT2D eigenvalue weighted by molar-refractivity contribution is 9.10. The second-order valence-corrected chi connectivity index (χ2v) is 9.42. The van der Waals surface area contributed by atoms with Gasteiger partial charge in [0.15, 0.2) is 0 Å². The number of benzene rings is 2. The number of amides is 1. The van der Waals surface area contributed by atoms with E-state index in [4.69, 9.17) is 9.47 Å². The molecule has 0 atom stereocenters. The van der Waals surface area contributed by atoms with Gasteiger partial charge in [0, 0.05) is 24.4 Å². The van der Waals surface area contributed by atoms with Gasteiger partial charge >= 0.3 is 6.09 Å². The first-order chi connectivity index (χ1) is 16.0. The van der Waals surface area contributed by atoms with E-state index in [9.17, 15) is 18.4 Å². The fourth-order valence-corrected chi connectivity index (χ4v) is 3.56. The van der Waals surface area contributed by atoms with Crippen LogP contribution in [0.1, 0.15) is 37.5 Å². The molecular weight excluding hydrogens is 510 g/mol. The van der Waals surface area contributed by atoms with Crippen LogP contribution in [-0.2, 0) is 24.4 Å². The van der Waals surface area contributed by atoms with Crippen LogP contribution in [0, 0.1) is 11.6 Å². The molecule has 0 saturated heterocycles. The summed E-state index contributed by atoms with van der Waals surface area (Å²) in [6.07, 6.45) is 1.07. The highest BCUT2D eigenvalue weighted by Gasteiger charge is 2.16. The van der Waals surface area contributed by atoms with Gasteiger partial charge < -0.3 is 19.4 Å². The van der Waals surface area contributed by atoms with Gasteiger partial charge in [-0.2, -0.15) is 0 Å². The summed E-state index contributed by atoms with van der Waals surface area (Å²) in [6.45, 7) is 5.81. The lowest BCUT2D eigenvalue weighted by Crippen LogP contribution is -2.32. The summed E-state index contributed by atoms with van der Waals surface area (Å²) in [4.78, 5) is 24.7. The van der Waals surface area contributed by atoms with Gasteiger partial charge in [-0.25, -0.2) is 13.6 Å². The van der Waals surface area contributed by atoms with Crippen LogP contribution in [0.2, 0.25) is 0 Å². The Hall–Kier alpha value is -3.20. The Labute approximate surface area is 204 Å². The van der Waals surface area contributed by atoms with E-state index in [2.05, 4.69) is 21.2 Å². The number of pyridine rings is 1. The summed E-state index contributed by atoms with van der Waals surface area (Å²) >= 11 is 3.25. The van der Waals surface area contributed by atoms with Crippen LogP contribution in [0.25, 0.3) is 0 Å². The number of ether oxygens (including phenoxy) is 2. The van der Waals surface area contributed by atoms with Gasteiger partial charge in [-0.3, -0.25) is 4.79 Å². The second kappa shape index (κ2) is 10.8. The Morgan fingerprint density at radius 2 is 1.82 bits per heavy atom. The van der Waals surface area contributed by atoms with E-state index in [1.807, 2.05) is 24.3 Å². The van der Waals surface area contributed by atoms with E-state index in [1.54, 1.807) is 33.0 Å². The maximum Gasteiger partial charge on any atom is 0.407 e. The molecule has 3 rings (SSSR count). The quantitative estimate of drug-likeness (QED) is 0.432. The first-order valence-electron chi connectivity index (χ1n) is 10.5. The third kappa shape index (κ3) is 7.15. The van der Waals surface area contributed by atoms with Crippen LogP contribution >= 0.6 is 15.9 Å². The van der Waals surface area contributed by atoms with E-state index in [1.165, 1.54) is 10.6 Å². The highest BCUT2D eigenvalue weighted by atomic mass is 79.9. The lowest BCUT2D eigenvalue weighted by atomic mass is 10.1. The van der Waals surface area contributed by atoms with E-state index >= 15 is 0 Å². The molecule has 0 spiro atoms. The third-order valence-corrected chi connectivity index (χ3v) is 5.38. The normalized spacial score (nSPS) is 11.2. The second-order valence-electron chi connectivity index (χ2n) is 8.63. The molecule has 180 valence electrons. The first kappa shape index (κ1) is 25.4. The zero-order valence-electron chi connectivity index (χ0n) is 19.0. The van der Waals surface area contributed by atoms with Crippen molar-refractivity contribution in [3.8, 4) is 5.75 Å². The van der Waals surface area contributed by atoms with Crippen molar-refractivity contribution in [2.24, 2.45) is 0 Å². The van der Waals surface area contributed by atoms with Crippen molar-refractivity contribution in [2.45, 2.75) is 46.1 Å². The molecule has 0 saturated carbocycles. The molecule has 0 unspecified atom stereocenters. The van der Waals surface area contributed by atoms with Gasteiger partial charge in [-0.1, -0.05) is 24.3 Å². The van der Waals surface area contributed by atoms with Crippen molar-refractivity contribution in [1.29, 1.82) is 0 Å². The monoisotopic (exact) mass is 534 g/mol. The number of rotatable bonds is 7. The molecule has 34 heavy (non-hydrogen) atoms. The third-order valence-electron chi connectivity index (χ3n) is 4.65. The number of carbonyl (C=O) groups excluding carboxylic acids is 1. The molecule has 0 aliphatic rings. The SMILES string of the molecule is CC(C)(C)OC(=O)NCc1cccc(Cn2ccc(OCc3ccc(F)cc3F)c(Br)c2=O)c1. The summed E-state index contributed by atoms with van der Waals surface area (Å²) in [5.41, 5.74) is 0.990. The Morgan fingerprint density at radius 1 is 1.09 bits per heavy atom. The minimum Gasteiger partial charge on any atom is -0.487 e. The summed E-state index contributed by atoms with van der Waals surface area (Å²) in [6, 6.07) is 12.3. The largest absolute Gasteiger partial charge is 0.487 e. The fraction of sp³-hybridized carbons (Fsp3) is 0.280. The summed E-state index contributed by atoms with van der Waals surface area (Å²) in [7, 11) is 0. The van der Waals surface area contributed by atoms with E-state index in [0.717, 1.165) is 23.3 Å². The average Bonchev–Trinajstić information content (AvgIpc) is 2.75. The summed E-state index contributed by atoms with van der Waals surface area (Å²) in [5.74, 6) is -1.14. The molecule has 9 heteroatoms. The van der Waals surface area contributed by atoms with Crippen LogP contribution in [0.4, 0.5) is 13.6 Å². The van der Waals surface area contributed by atoms with Gasteiger partial charge in [-0.05, 0) is 66.0 Å². The molecule has 3 aromatic rings. The Balaban J connectivity index is 1.66. The van der Waals surface area contributed by atoms with E-state index in [0.29, 0.717) is 6.54 Å². The van der Waals surface area contributed by atoms with Crippen LogP contribution in [0.15, 0.2) is 64.0 Å². The maximum atomic E-state index is 13.8. The zero-order valence-corrected chi connectivity index (χ0v) is 20.6. The van der Waals surface area contributed by atoms with Crippen molar-refractivity contribution >= 4 is 22.0 Å². The number of halogens is 3. The molecule has 0 aliphatic heterocycles. The molecule has 0 aliphatic carbocycles. The van der Waals surface area contributed by atoms with Gasteiger partial charge in [0.25, 0.3) is 5.56 Å².